The Hall–Kier alpha value is -1.75. The Morgan fingerprint density at radius 2 is 2.06 bits per heavy atom. The molecule has 0 amide bonds. The number of nitrogens with zero attached hydrogens (tertiary/aromatic N) is 3. The molecular weight excluding hydrogens is 209 g/mol. The van der Waals surface area contributed by atoms with Gasteiger partial charge in [-0.15, -0.1) is 5.10 Å². The van der Waals surface area contributed by atoms with Gasteiger partial charge in [-0.1, -0.05) is 23.4 Å². The van der Waals surface area contributed by atoms with Crippen LogP contribution in [0.5, 0.6) is 0 Å². The van der Waals surface area contributed by atoms with Crippen LogP contribution in [0.1, 0.15) is 18.2 Å². The molecule has 1 atom stereocenters. The highest BCUT2D eigenvalue weighted by Gasteiger charge is 2.31. The van der Waals surface area contributed by atoms with Gasteiger partial charge >= 0.3 is 0 Å². The Labute approximate surface area is 92.3 Å². The summed E-state index contributed by atoms with van der Waals surface area (Å²) in [7, 11) is 1.65. The van der Waals surface area contributed by atoms with Gasteiger partial charge in [0.2, 0.25) is 0 Å². The fourth-order valence-electron chi connectivity index (χ4n) is 1.72. The summed E-state index contributed by atoms with van der Waals surface area (Å²) in [6.45, 7) is 1.52. The molecule has 1 unspecified atom stereocenters. The molecule has 2 rings (SSSR count). The predicted molar refractivity (Wildman–Crippen MR) is 56.1 cm³/mol. The molecular formula is C11H12FN3O. The van der Waals surface area contributed by atoms with Crippen molar-refractivity contribution in [1.29, 1.82) is 0 Å². The maximum atomic E-state index is 13.6. The third-order valence-corrected chi connectivity index (χ3v) is 2.61. The number of aliphatic hydroxyl groups is 1. The van der Waals surface area contributed by atoms with Crippen molar-refractivity contribution < 1.29 is 9.50 Å². The minimum absolute atomic E-state index is 0.209. The Bertz CT molecular complexity index is 507. The lowest BCUT2D eigenvalue weighted by Gasteiger charge is -2.23. The largest absolute Gasteiger partial charge is 0.379 e. The van der Waals surface area contributed by atoms with Crippen molar-refractivity contribution in [1.82, 2.24) is 15.0 Å². The molecule has 5 heteroatoms. The van der Waals surface area contributed by atoms with Gasteiger partial charge in [-0.3, -0.25) is 0 Å². The summed E-state index contributed by atoms with van der Waals surface area (Å²) in [5.74, 6) is -0.450. The molecule has 4 nitrogen and oxygen atoms in total. The van der Waals surface area contributed by atoms with Crippen LogP contribution in [0.2, 0.25) is 0 Å². The molecule has 0 aliphatic rings. The number of aryl methyl sites for hydroxylation is 1. The topological polar surface area (TPSA) is 50.9 Å². The van der Waals surface area contributed by atoms with E-state index in [4.69, 9.17) is 0 Å². The van der Waals surface area contributed by atoms with Crippen LogP contribution in [0.3, 0.4) is 0 Å². The summed E-state index contributed by atoms with van der Waals surface area (Å²) < 4.78 is 15.0. The Morgan fingerprint density at radius 1 is 1.38 bits per heavy atom. The van der Waals surface area contributed by atoms with Crippen molar-refractivity contribution in [3.05, 3.63) is 47.5 Å². The number of hydrogen-bond acceptors (Lipinski definition) is 3. The van der Waals surface area contributed by atoms with Crippen molar-refractivity contribution in [2.45, 2.75) is 12.5 Å². The fraction of sp³-hybridized carbons (Fsp3) is 0.273. The second kappa shape index (κ2) is 3.68. The van der Waals surface area contributed by atoms with Crippen molar-refractivity contribution in [2.24, 2.45) is 7.05 Å². The third-order valence-electron chi connectivity index (χ3n) is 2.61. The lowest BCUT2D eigenvalue weighted by atomic mass is 9.92. The number of hydrogen-bond donors (Lipinski definition) is 1. The van der Waals surface area contributed by atoms with Gasteiger partial charge in [0, 0.05) is 12.6 Å². The molecule has 1 heterocycles. The Morgan fingerprint density at radius 3 is 2.62 bits per heavy atom. The zero-order valence-corrected chi connectivity index (χ0v) is 9.05. The Balaban J connectivity index is 2.55. The summed E-state index contributed by atoms with van der Waals surface area (Å²) in [6.07, 6.45) is 1.42. The monoisotopic (exact) mass is 221 g/mol. The third kappa shape index (κ3) is 1.59. The maximum Gasteiger partial charge on any atom is 0.133 e. The molecule has 0 spiro atoms. The molecule has 1 aromatic carbocycles. The first kappa shape index (κ1) is 10.8. The summed E-state index contributed by atoms with van der Waals surface area (Å²) in [4.78, 5) is 0. The molecule has 84 valence electrons. The van der Waals surface area contributed by atoms with E-state index in [0.717, 1.165) is 0 Å². The normalized spacial score (nSPS) is 14.8. The number of aromatic nitrogens is 3. The highest BCUT2D eigenvalue weighted by Crippen LogP contribution is 2.29. The first-order valence-electron chi connectivity index (χ1n) is 4.86. The summed E-state index contributed by atoms with van der Waals surface area (Å²) in [5.41, 5.74) is -0.790. The summed E-state index contributed by atoms with van der Waals surface area (Å²) in [6, 6.07) is 6.11. The maximum absolute atomic E-state index is 13.6. The number of halogens is 1. The highest BCUT2D eigenvalue weighted by atomic mass is 19.1. The van der Waals surface area contributed by atoms with Gasteiger partial charge in [0.1, 0.15) is 11.4 Å². The van der Waals surface area contributed by atoms with Gasteiger partial charge in [0.05, 0.1) is 11.9 Å². The number of benzene rings is 1. The van der Waals surface area contributed by atoms with Crippen LogP contribution >= 0.6 is 0 Å². The minimum Gasteiger partial charge on any atom is -0.379 e. The van der Waals surface area contributed by atoms with Gasteiger partial charge in [-0.05, 0) is 13.0 Å². The molecule has 1 aromatic heterocycles. The highest BCUT2D eigenvalue weighted by molar-refractivity contribution is 5.31. The van der Waals surface area contributed by atoms with Crippen LogP contribution in [0.25, 0.3) is 0 Å². The van der Waals surface area contributed by atoms with E-state index in [0.29, 0.717) is 5.69 Å². The molecule has 0 aliphatic heterocycles. The first-order chi connectivity index (χ1) is 7.53. The molecule has 2 aromatic rings. The molecule has 0 radical (unpaired) electrons. The van der Waals surface area contributed by atoms with Gasteiger partial charge < -0.3 is 5.11 Å². The molecule has 16 heavy (non-hydrogen) atoms. The van der Waals surface area contributed by atoms with E-state index in [1.54, 1.807) is 25.2 Å². The quantitative estimate of drug-likeness (QED) is 0.829. The van der Waals surface area contributed by atoms with Crippen LogP contribution in [-0.2, 0) is 12.6 Å². The number of rotatable bonds is 2. The van der Waals surface area contributed by atoms with Gasteiger partial charge in [0.15, 0.2) is 0 Å². The van der Waals surface area contributed by atoms with Gasteiger partial charge in [-0.2, -0.15) is 0 Å². The van der Waals surface area contributed by atoms with Crippen molar-refractivity contribution in [3.63, 3.8) is 0 Å². The van der Waals surface area contributed by atoms with Crippen LogP contribution < -0.4 is 0 Å². The van der Waals surface area contributed by atoms with E-state index in [1.165, 1.54) is 23.9 Å². The molecule has 1 N–H and O–H groups in total. The average Bonchev–Trinajstić information content (AvgIpc) is 2.65. The molecule has 0 aliphatic carbocycles. The average molecular weight is 221 g/mol. The standard InChI is InChI=1S/C11H12FN3O/c1-11(16,10-7-13-14-15(10)2)8-5-3-4-6-9(8)12/h3-7,16H,1-2H3. The molecule has 0 saturated heterocycles. The fourth-order valence-corrected chi connectivity index (χ4v) is 1.72. The first-order valence-corrected chi connectivity index (χ1v) is 4.86. The van der Waals surface area contributed by atoms with Gasteiger partial charge in [-0.25, -0.2) is 9.07 Å². The van der Waals surface area contributed by atoms with Crippen molar-refractivity contribution in [3.8, 4) is 0 Å². The van der Waals surface area contributed by atoms with Crippen molar-refractivity contribution >= 4 is 0 Å². The second-order valence-electron chi connectivity index (χ2n) is 3.79. The molecule has 0 fully saturated rings. The summed E-state index contributed by atoms with van der Waals surface area (Å²) >= 11 is 0. The predicted octanol–water partition coefficient (Wildman–Crippen LogP) is 1.21. The lowest BCUT2D eigenvalue weighted by molar-refractivity contribution is 0.0888. The zero-order chi connectivity index (χ0) is 11.8. The van der Waals surface area contributed by atoms with E-state index in [2.05, 4.69) is 10.3 Å². The minimum atomic E-state index is -1.44. The Kier molecular flexibility index (Phi) is 2.47. The second-order valence-corrected chi connectivity index (χ2v) is 3.79. The lowest BCUT2D eigenvalue weighted by Crippen LogP contribution is -2.27. The molecule has 0 saturated carbocycles. The molecule has 0 bridgehead atoms. The zero-order valence-electron chi connectivity index (χ0n) is 9.05. The van der Waals surface area contributed by atoms with Gasteiger partial charge in [0.25, 0.3) is 0 Å². The van der Waals surface area contributed by atoms with E-state index >= 15 is 0 Å². The van der Waals surface area contributed by atoms with Crippen LogP contribution in [0.15, 0.2) is 30.5 Å². The SMILES string of the molecule is Cn1nncc1C(C)(O)c1ccccc1F. The van der Waals surface area contributed by atoms with Crippen LogP contribution in [-0.4, -0.2) is 20.1 Å². The van der Waals surface area contributed by atoms with Crippen LogP contribution in [0, 0.1) is 5.82 Å². The van der Waals surface area contributed by atoms with Crippen LogP contribution in [0.4, 0.5) is 4.39 Å². The van der Waals surface area contributed by atoms with E-state index in [-0.39, 0.29) is 5.56 Å². The van der Waals surface area contributed by atoms with E-state index in [1.807, 2.05) is 0 Å². The smallest absolute Gasteiger partial charge is 0.133 e. The van der Waals surface area contributed by atoms with E-state index in [9.17, 15) is 9.50 Å². The van der Waals surface area contributed by atoms with E-state index < -0.39 is 11.4 Å². The summed E-state index contributed by atoms with van der Waals surface area (Å²) in [5, 5.41) is 17.8. The van der Waals surface area contributed by atoms with Crippen molar-refractivity contribution in [2.75, 3.05) is 0 Å².